The summed E-state index contributed by atoms with van der Waals surface area (Å²) in [6, 6.07) is 0. The Kier molecular flexibility index (Phi) is 3.14. The van der Waals surface area contributed by atoms with Gasteiger partial charge in [0.2, 0.25) is 0 Å². The molecule has 0 aliphatic heterocycles. The van der Waals surface area contributed by atoms with Gasteiger partial charge in [-0.2, -0.15) is 0 Å². The maximum absolute atomic E-state index is 2.57. The smallest absolute Gasteiger partial charge is 0.0261 e. The summed E-state index contributed by atoms with van der Waals surface area (Å²) in [5.41, 5.74) is 0.764. The Morgan fingerprint density at radius 2 is 2.00 bits per heavy atom. The molecule has 0 saturated heterocycles. The lowest BCUT2D eigenvalue weighted by atomic mass is 9.83. The first-order valence-corrected chi connectivity index (χ1v) is 7.11. The highest BCUT2D eigenvalue weighted by Gasteiger charge is 2.62. The largest absolute Gasteiger partial charge is 0.0654 e. The third-order valence-electron chi connectivity index (χ3n) is 5.62. The molecule has 2 aliphatic rings. The lowest BCUT2D eigenvalue weighted by Crippen LogP contribution is -2.14. The van der Waals surface area contributed by atoms with Crippen LogP contribution in [-0.4, -0.2) is 0 Å². The minimum absolute atomic E-state index is 0.764. The highest BCUT2D eigenvalue weighted by molar-refractivity contribution is 5.11. The Morgan fingerprint density at radius 3 is 2.53 bits per heavy atom. The van der Waals surface area contributed by atoms with E-state index in [2.05, 4.69) is 27.7 Å². The number of hydrogen-bond donors (Lipinski definition) is 0. The van der Waals surface area contributed by atoms with Gasteiger partial charge in [0.05, 0.1) is 0 Å². The molecule has 2 rings (SSSR count). The minimum Gasteiger partial charge on any atom is -0.0654 e. The lowest BCUT2D eigenvalue weighted by Gasteiger charge is -2.22. The number of hydrogen-bond acceptors (Lipinski definition) is 0. The summed E-state index contributed by atoms with van der Waals surface area (Å²) in [7, 11) is 0. The van der Waals surface area contributed by atoms with Crippen molar-refractivity contribution < 1.29 is 0 Å². The van der Waals surface area contributed by atoms with Crippen LogP contribution in [0.1, 0.15) is 66.2 Å². The fourth-order valence-electron chi connectivity index (χ4n) is 4.47. The van der Waals surface area contributed by atoms with E-state index in [0.29, 0.717) is 0 Å². The zero-order valence-corrected chi connectivity index (χ0v) is 11.1. The molecule has 0 heterocycles. The van der Waals surface area contributed by atoms with Crippen LogP contribution in [0.15, 0.2) is 0 Å². The van der Waals surface area contributed by atoms with Crippen molar-refractivity contribution in [3.05, 3.63) is 0 Å². The Labute approximate surface area is 95.8 Å². The first-order valence-electron chi connectivity index (χ1n) is 7.11. The molecule has 2 aliphatic carbocycles. The molecule has 0 heteroatoms. The Morgan fingerprint density at radius 1 is 1.27 bits per heavy atom. The maximum Gasteiger partial charge on any atom is -0.0261 e. The Hall–Kier alpha value is 0. The maximum atomic E-state index is 2.57. The Balaban J connectivity index is 1.95. The van der Waals surface area contributed by atoms with E-state index in [1.165, 1.54) is 38.5 Å². The van der Waals surface area contributed by atoms with Crippen LogP contribution in [0.25, 0.3) is 0 Å². The van der Waals surface area contributed by atoms with Crippen LogP contribution in [0.3, 0.4) is 0 Å². The second-order valence-corrected chi connectivity index (χ2v) is 6.51. The quantitative estimate of drug-likeness (QED) is 0.617. The predicted molar refractivity (Wildman–Crippen MR) is 66.8 cm³/mol. The van der Waals surface area contributed by atoms with Gasteiger partial charge < -0.3 is 0 Å². The van der Waals surface area contributed by atoms with Crippen molar-refractivity contribution in [3.63, 3.8) is 0 Å². The molecule has 5 atom stereocenters. The Bertz CT molecular complexity index is 220. The fraction of sp³-hybridized carbons (Fsp3) is 1.00. The van der Waals surface area contributed by atoms with Crippen LogP contribution in [0.2, 0.25) is 0 Å². The summed E-state index contributed by atoms with van der Waals surface area (Å²) in [6.45, 7) is 9.89. The van der Waals surface area contributed by atoms with Gasteiger partial charge in [0.25, 0.3) is 0 Å². The van der Waals surface area contributed by atoms with Crippen LogP contribution >= 0.6 is 0 Å². The van der Waals surface area contributed by atoms with Crippen LogP contribution in [-0.2, 0) is 0 Å². The second kappa shape index (κ2) is 4.11. The summed E-state index contributed by atoms with van der Waals surface area (Å²) in [5.74, 6) is 4.09. The third-order valence-corrected chi connectivity index (χ3v) is 5.62. The van der Waals surface area contributed by atoms with E-state index in [4.69, 9.17) is 0 Å². The monoisotopic (exact) mass is 208 g/mol. The van der Waals surface area contributed by atoms with E-state index < -0.39 is 0 Å². The molecule has 0 N–H and O–H groups in total. The van der Waals surface area contributed by atoms with Crippen molar-refractivity contribution in [3.8, 4) is 0 Å². The van der Waals surface area contributed by atoms with Crippen LogP contribution in [0.4, 0.5) is 0 Å². The van der Waals surface area contributed by atoms with Crippen molar-refractivity contribution >= 4 is 0 Å². The lowest BCUT2D eigenvalue weighted by molar-refractivity contribution is 0.277. The molecule has 0 bridgehead atoms. The highest BCUT2D eigenvalue weighted by Crippen LogP contribution is 2.69. The van der Waals surface area contributed by atoms with Crippen molar-refractivity contribution in [1.29, 1.82) is 0 Å². The summed E-state index contributed by atoms with van der Waals surface area (Å²) in [6.07, 6.45) is 8.85. The summed E-state index contributed by atoms with van der Waals surface area (Å²) >= 11 is 0. The molecule has 15 heavy (non-hydrogen) atoms. The van der Waals surface area contributed by atoms with Crippen molar-refractivity contribution in [2.75, 3.05) is 0 Å². The van der Waals surface area contributed by atoms with E-state index in [1.54, 1.807) is 0 Å². The van der Waals surface area contributed by atoms with Crippen LogP contribution < -0.4 is 0 Å². The number of fused-ring (bicyclic) bond motifs is 1. The molecule has 2 saturated carbocycles. The first kappa shape index (κ1) is 11.5. The molecule has 5 unspecified atom stereocenters. The van der Waals surface area contributed by atoms with E-state index in [9.17, 15) is 0 Å². The molecule has 2 fully saturated rings. The average Bonchev–Trinajstić information content (AvgIpc) is 2.83. The molecule has 88 valence electrons. The SMILES string of the molecule is CCCC(C)C(C)C1C2CCCCC21C. The van der Waals surface area contributed by atoms with E-state index in [-0.39, 0.29) is 0 Å². The van der Waals surface area contributed by atoms with Crippen molar-refractivity contribution in [2.45, 2.75) is 66.2 Å². The van der Waals surface area contributed by atoms with Gasteiger partial charge in [-0.1, -0.05) is 53.4 Å². The van der Waals surface area contributed by atoms with Crippen LogP contribution in [0, 0.1) is 29.1 Å². The van der Waals surface area contributed by atoms with Gasteiger partial charge in [-0.25, -0.2) is 0 Å². The van der Waals surface area contributed by atoms with E-state index in [1.807, 2.05) is 0 Å². The third kappa shape index (κ3) is 1.85. The summed E-state index contributed by atoms with van der Waals surface area (Å²) in [4.78, 5) is 0. The molecule has 0 radical (unpaired) electrons. The average molecular weight is 208 g/mol. The van der Waals surface area contributed by atoms with Gasteiger partial charge in [0.15, 0.2) is 0 Å². The molecular weight excluding hydrogens is 180 g/mol. The van der Waals surface area contributed by atoms with Gasteiger partial charge in [-0.3, -0.25) is 0 Å². The van der Waals surface area contributed by atoms with E-state index in [0.717, 1.165) is 29.1 Å². The minimum atomic E-state index is 0.764. The molecule has 0 nitrogen and oxygen atoms in total. The summed E-state index contributed by atoms with van der Waals surface area (Å²) < 4.78 is 0. The van der Waals surface area contributed by atoms with Crippen molar-refractivity contribution in [1.82, 2.24) is 0 Å². The predicted octanol–water partition coefficient (Wildman–Crippen LogP) is 4.89. The standard InChI is InChI=1S/C15H28/c1-5-8-11(2)12(3)14-13-9-6-7-10-15(13,14)4/h11-14H,5-10H2,1-4H3. The second-order valence-electron chi connectivity index (χ2n) is 6.51. The van der Waals surface area contributed by atoms with Gasteiger partial charge in [-0.15, -0.1) is 0 Å². The molecule has 0 aromatic carbocycles. The summed E-state index contributed by atoms with van der Waals surface area (Å²) in [5, 5.41) is 0. The topological polar surface area (TPSA) is 0 Å². The van der Waals surface area contributed by atoms with Gasteiger partial charge in [0.1, 0.15) is 0 Å². The number of rotatable bonds is 4. The fourth-order valence-corrected chi connectivity index (χ4v) is 4.47. The first-order chi connectivity index (χ1) is 7.11. The molecule has 0 aromatic rings. The van der Waals surface area contributed by atoms with Crippen LogP contribution in [0.5, 0.6) is 0 Å². The molecular formula is C15H28. The molecule has 0 spiro atoms. The zero-order valence-electron chi connectivity index (χ0n) is 11.1. The normalized spacial score (nSPS) is 43.2. The van der Waals surface area contributed by atoms with Gasteiger partial charge in [-0.05, 0) is 41.9 Å². The highest BCUT2D eigenvalue weighted by atomic mass is 14.7. The molecule has 0 amide bonds. The van der Waals surface area contributed by atoms with E-state index >= 15 is 0 Å². The molecule has 0 aromatic heterocycles. The van der Waals surface area contributed by atoms with Gasteiger partial charge >= 0.3 is 0 Å². The zero-order chi connectivity index (χ0) is 11.1. The van der Waals surface area contributed by atoms with Gasteiger partial charge in [0, 0.05) is 0 Å². The van der Waals surface area contributed by atoms with Crippen molar-refractivity contribution in [2.24, 2.45) is 29.1 Å².